The number of rotatable bonds is 4. The van der Waals surface area contributed by atoms with E-state index in [1.165, 1.54) is 0 Å². The van der Waals surface area contributed by atoms with Crippen LogP contribution in [0.15, 0.2) is 30.3 Å². The summed E-state index contributed by atoms with van der Waals surface area (Å²) in [6.07, 6.45) is 1.34. The second-order valence-corrected chi connectivity index (χ2v) is 2.98. The van der Waals surface area contributed by atoms with Crippen molar-refractivity contribution >= 4 is 5.78 Å². The largest absolute Gasteiger partial charge is 0.321 e. The van der Waals surface area contributed by atoms with E-state index in [0.29, 0.717) is 18.4 Å². The number of hydrogen-bond donors (Lipinski definition) is 1. The van der Waals surface area contributed by atoms with E-state index in [-0.39, 0.29) is 5.78 Å². The number of nitrogens with two attached hydrogens (primary N) is 1. The minimum absolute atomic E-state index is 0.00394. The molecule has 0 spiro atoms. The second kappa shape index (κ2) is 4.77. The summed E-state index contributed by atoms with van der Waals surface area (Å²) in [5, 5.41) is 0. The molecule has 0 fully saturated rings. The van der Waals surface area contributed by atoms with Gasteiger partial charge in [-0.15, -0.1) is 0 Å². The van der Waals surface area contributed by atoms with Gasteiger partial charge in [-0.1, -0.05) is 43.7 Å². The molecule has 0 aliphatic carbocycles. The van der Waals surface area contributed by atoms with Gasteiger partial charge in [0.1, 0.15) is 0 Å². The Hall–Kier alpha value is -1.15. The minimum atomic E-state index is -0.403. The Morgan fingerprint density at radius 2 is 2.00 bits per heavy atom. The second-order valence-electron chi connectivity index (χ2n) is 2.98. The third-order valence-electron chi connectivity index (χ3n) is 1.91. The molecule has 0 aromatic heterocycles. The van der Waals surface area contributed by atoms with Crippen molar-refractivity contribution in [3.05, 3.63) is 42.8 Å². The smallest absolute Gasteiger partial charge is 0.179 e. The van der Waals surface area contributed by atoms with Gasteiger partial charge in [0.25, 0.3) is 0 Å². The highest BCUT2D eigenvalue weighted by Gasteiger charge is 2.13. The van der Waals surface area contributed by atoms with E-state index >= 15 is 0 Å². The van der Waals surface area contributed by atoms with E-state index in [1.807, 2.05) is 18.2 Å². The Labute approximate surface area is 78.8 Å². The van der Waals surface area contributed by atoms with Gasteiger partial charge < -0.3 is 5.73 Å². The summed E-state index contributed by atoms with van der Waals surface area (Å²) in [5.41, 5.74) is 6.35. The number of carbonyl (C=O) groups excluding carboxylic acids is 1. The van der Waals surface area contributed by atoms with Crippen LogP contribution in [0, 0.1) is 6.92 Å². The SMILES string of the molecule is [CH2]CCC(N)C(=O)c1ccccc1. The van der Waals surface area contributed by atoms with Crippen LogP contribution in [0.25, 0.3) is 0 Å². The van der Waals surface area contributed by atoms with E-state index in [9.17, 15) is 4.79 Å². The van der Waals surface area contributed by atoms with E-state index in [0.717, 1.165) is 0 Å². The predicted octanol–water partition coefficient (Wildman–Crippen LogP) is 1.81. The van der Waals surface area contributed by atoms with Crippen LogP contribution in [0.2, 0.25) is 0 Å². The van der Waals surface area contributed by atoms with Crippen molar-refractivity contribution in [2.75, 3.05) is 0 Å². The van der Waals surface area contributed by atoms with Gasteiger partial charge in [-0.25, -0.2) is 0 Å². The Morgan fingerprint density at radius 3 is 2.54 bits per heavy atom. The van der Waals surface area contributed by atoms with Crippen LogP contribution < -0.4 is 5.73 Å². The highest BCUT2D eigenvalue weighted by molar-refractivity contribution is 5.99. The van der Waals surface area contributed by atoms with E-state index in [1.54, 1.807) is 12.1 Å². The first-order valence-electron chi connectivity index (χ1n) is 4.40. The van der Waals surface area contributed by atoms with Crippen molar-refractivity contribution in [2.24, 2.45) is 5.73 Å². The first-order valence-corrected chi connectivity index (χ1v) is 4.40. The molecule has 1 rings (SSSR count). The molecule has 1 aromatic rings. The molecule has 2 heteroatoms. The molecule has 1 unspecified atom stereocenters. The van der Waals surface area contributed by atoms with Gasteiger partial charge in [-0.2, -0.15) is 0 Å². The Morgan fingerprint density at radius 1 is 1.38 bits per heavy atom. The molecule has 0 amide bonds. The lowest BCUT2D eigenvalue weighted by atomic mass is 10.0. The fraction of sp³-hybridized carbons (Fsp3) is 0.273. The minimum Gasteiger partial charge on any atom is -0.321 e. The summed E-state index contributed by atoms with van der Waals surface area (Å²) in [7, 11) is 0. The van der Waals surface area contributed by atoms with Gasteiger partial charge in [-0.05, 0) is 6.42 Å². The lowest BCUT2D eigenvalue weighted by molar-refractivity contribution is 0.0957. The van der Waals surface area contributed by atoms with Crippen LogP contribution in [-0.2, 0) is 0 Å². The zero-order valence-electron chi connectivity index (χ0n) is 7.57. The molecule has 0 saturated heterocycles. The molecule has 2 N–H and O–H groups in total. The molecule has 0 saturated carbocycles. The molecule has 0 aliphatic heterocycles. The molecule has 1 radical (unpaired) electrons. The van der Waals surface area contributed by atoms with Crippen LogP contribution in [0.1, 0.15) is 23.2 Å². The first kappa shape index (κ1) is 9.93. The average molecular weight is 176 g/mol. The maximum Gasteiger partial charge on any atom is 0.179 e. The molecule has 1 atom stereocenters. The fourth-order valence-electron chi connectivity index (χ4n) is 1.17. The molecule has 0 bridgehead atoms. The zero-order valence-corrected chi connectivity index (χ0v) is 7.57. The van der Waals surface area contributed by atoms with E-state index in [4.69, 9.17) is 5.73 Å². The molecule has 1 aromatic carbocycles. The van der Waals surface area contributed by atoms with Gasteiger partial charge in [0.15, 0.2) is 5.78 Å². The third-order valence-corrected chi connectivity index (χ3v) is 1.91. The topological polar surface area (TPSA) is 43.1 Å². The van der Waals surface area contributed by atoms with Crippen molar-refractivity contribution < 1.29 is 4.79 Å². The number of benzene rings is 1. The molecule has 0 aliphatic rings. The van der Waals surface area contributed by atoms with Crippen molar-refractivity contribution in [3.8, 4) is 0 Å². The van der Waals surface area contributed by atoms with E-state index in [2.05, 4.69) is 6.92 Å². The lowest BCUT2D eigenvalue weighted by Gasteiger charge is -2.08. The summed E-state index contributed by atoms with van der Waals surface area (Å²) >= 11 is 0. The predicted molar refractivity (Wildman–Crippen MR) is 53.3 cm³/mol. The number of ketones is 1. The highest BCUT2D eigenvalue weighted by Crippen LogP contribution is 2.05. The van der Waals surface area contributed by atoms with Gasteiger partial charge in [0.2, 0.25) is 0 Å². The Bertz CT molecular complexity index is 269. The van der Waals surface area contributed by atoms with Crippen LogP contribution in [0.3, 0.4) is 0 Å². The maximum absolute atomic E-state index is 11.6. The van der Waals surface area contributed by atoms with Crippen molar-refractivity contribution in [1.82, 2.24) is 0 Å². The number of Topliss-reactive ketones (excluding diaryl/α,β-unsaturated/α-hetero) is 1. The highest BCUT2D eigenvalue weighted by atomic mass is 16.1. The monoisotopic (exact) mass is 176 g/mol. The van der Waals surface area contributed by atoms with E-state index < -0.39 is 6.04 Å². The summed E-state index contributed by atoms with van der Waals surface area (Å²) in [6.45, 7) is 3.67. The number of hydrogen-bond acceptors (Lipinski definition) is 2. The molecule has 69 valence electrons. The summed E-state index contributed by atoms with van der Waals surface area (Å²) in [4.78, 5) is 11.6. The Kier molecular flexibility index (Phi) is 3.65. The van der Waals surface area contributed by atoms with Crippen molar-refractivity contribution in [1.29, 1.82) is 0 Å². The van der Waals surface area contributed by atoms with Gasteiger partial charge in [-0.3, -0.25) is 4.79 Å². The summed E-state index contributed by atoms with van der Waals surface area (Å²) < 4.78 is 0. The molecule has 0 heterocycles. The van der Waals surface area contributed by atoms with Gasteiger partial charge in [0, 0.05) is 5.56 Å². The van der Waals surface area contributed by atoms with Crippen LogP contribution >= 0.6 is 0 Å². The normalized spacial score (nSPS) is 12.5. The average Bonchev–Trinajstić information content (AvgIpc) is 2.18. The third kappa shape index (κ3) is 2.67. The quantitative estimate of drug-likeness (QED) is 0.711. The van der Waals surface area contributed by atoms with Crippen LogP contribution in [0.4, 0.5) is 0 Å². The van der Waals surface area contributed by atoms with Gasteiger partial charge in [0.05, 0.1) is 6.04 Å². The summed E-state index contributed by atoms with van der Waals surface area (Å²) in [5.74, 6) is 0.00394. The summed E-state index contributed by atoms with van der Waals surface area (Å²) in [6, 6.07) is 8.72. The van der Waals surface area contributed by atoms with Crippen LogP contribution in [0.5, 0.6) is 0 Å². The Balaban J connectivity index is 2.68. The molecular weight excluding hydrogens is 162 g/mol. The zero-order chi connectivity index (χ0) is 9.68. The fourth-order valence-corrected chi connectivity index (χ4v) is 1.17. The molecule has 13 heavy (non-hydrogen) atoms. The lowest BCUT2D eigenvalue weighted by Crippen LogP contribution is -2.30. The van der Waals surface area contributed by atoms with Crippen LogP contribution in [-0.4, -0.2) is 11.8 Å². The van der Waals surface area contributed by atoms with Crippen molar-refractivity contribution in [3.63, 3.8) is 0 Å². The van der Waals surface area contributed by atoms with Gasteiger partial charge >= 0.3 is 0 Å². The molecular formula is C11H14NO. The molecule has 2 nitrogen and oxygen atoms in total. The van der Waals surface area contributed by atoms with Crippen molar-refractivity contribution in [2.45, 2.75) is 18.9 Å². The first-order chi connectivity index (χ1) is 6.25. The number of carbonyl (C=O) groups is 1. The maximum atomic E-state index is 11.6. The standard InChI is InChI=1S/C11H14NO/c1-2-6-10(12)11(13)9-7-4-3-5-8-9/h3-5,7-8,10H,1-2,6,12H2.